The summed E-state index contributed by atoms with van der Waals surface area (Å²) in [6.45, 7) is 3.69. The predicted molar refractivity (Wildman–Crippen MR) is 62.6 cm³/mol. The van der Waals surface area contributed by atoms with Crippen molar-refractivity contribution in [2.24, 2.45) is 5.73 Å². The minimum atomic E-state index is -0.908. The highest BCUT2D eigenvalue weighted by atomic mass is 16.5. The van der Waals surface area contributed by atoms with Crippen molar-refractivity contribution in [2.45, 2.75) is 13.0 Å². The maximum atomic E-state index is 11.9. The zero-order valence-corrected chi connectivity index (χ0v) is 10.3. The third-order valence-electron chi connectivity index (χ3n) is 2.52. The van der Waals surface area contributed by atoms with Crippen LogP contribution in [0.25, 0.3) is 0 Å². The maximum absolute atomic E-state index is 11.9. The first-order valence-electron chi connectivity index (χ1n) is 5.70. The van der Waals surface area contributed by atoms with Gasteiger partial charge in [0.25, 0.3) is 0 Å². The van der Waals surface area contributed by atoms with Crippen LogP contribution >= 0.6 is 0 Å². The first-order chi connectivity index (χ1) is 8.50. The highest BCUT2D eigenvalue weighted by Gasteiger charge is 2.22. The molecule has 0 aromatic rings. The molecule has 1 aliphatic heterocycles. The molecule has 18 heavy (non-hydrogen) atoms. The van der Waals surface area contributed by atoms with Crippen LogP contribution in [0.3, 0.4) is 0 Å². The molecule has 4 amide bonds. The van der Waals surface area contributed by atoms with Gasteiger partial charge in [-0.05, 0) is 6.92 Å². The van der Waals surface area contributed by atoms with E-state index in [9.17, 15) is 14.4 Å². The normalized spacial score (nSPS) is 17.1. The Morgan fingerprint density at radius 1 is 1.33 bits per heavy atom. The molecule has 0 radical (unpaired) electrons. The van der Waals surface area contributed by atoms with E-state index in [1.165, 1.54) is 0 Å². The van der Waals surface area contributed by atoms with Gasteiger partial charge >= 0.3 is 6.03 Å². The van der Waals surface area contributed by atoms with Crippen LogP contribution in [0.15, 0.2) is 0 Å². The number of imide groups is 1. The molecule has 1 heterocycles. The second-order valence-corrected chi connectivity index (χ2v) is 3.95. The van der Waals surface area contributed by atoms with Gasteiger partial charge in [0.2, 0.25) is 11.8 Å². The molecule has 4 N–H and O–H groups in total. The zero-order chi connectivity index (χ0) is 13.5. The highest BCUT2D eigenvalue weighted by molar-refractivity contribution is 5.94. The number of nitrogens with one attached hydrogen (secondary N) is 2. The molecule has 1 rings (SSSR count). The van der Waals surface area contributed by atoms with E-state index in [0.717, 1.165) is 0 Å². The zero-order valence-electron chi connectivity index (χ0n) is 10.3. The van der Waals surface area contributed by atoms with Crippen LogP contribution in [-0.4, -0.2) is 61.6 Å². The number of nitrogens with zero attached hydrogens (tertiary/aromatic N) is 1. The summed E-state index contributed by atoms with van der Waals surface area (Å²) in [5, 5.41) is 4.64. The van der Waals surface area contributed by atoms with Crippen LogP contribution < -0.4 is 16.4 Å². The summed E-state index contributed by atoms with van der Waals surface area (Å²) in [5.74, 6) is -0.658. The molecule has 0 bridgehead atoms. The Morgan fingerprint density at radius 3 is 2.50 bits per heavy atom. The molecular formula is C10H18N4O4. The fourth-order valence-electron chi connectivity index (χ4n) is 1.57. The van der Waals surface area contributed by atoms with E-state index in [2.05, 4.69) is 5.32 Å². The fraction of sp³-hybridized carbons (Fsp3) is 0.700. The largest absolute Gasteiger partial charge is 0.378 e. The van der Waals surface area contributed by atoms with E-state index in [1.54, 1.807) is 11.8 Å². The first kappa shape index (κ1) is 14.4. The van der Waals surface area contributed by atoms with Crippen molar-refractivity contribution in [3.05, 3.63) is 0 Å². The van der Waals surface area contributed by atoms with E-state index in [-0.39, 0.29) is 12.5 Å². The van der Waals surface area contributed by atoms with Gasteiger partial charge in [0.05, 0.1) is 25.8 Å². The minimum Gasteiger partial charge on any atom is -0.378 e. The number of rotatable bonds is 4. The number of carbonyl (C=O) groups is 3. The van der Waals surface area contributed by atoms with Gasteiger partial charge in [-0.1, -0.05) is 0 Å². The van der Waals surface area contributed by atoms with Crippen molar-refractivity contribution in [3.63, 3.8) is 0 Å². The number of hydrogen-bond acceptors (Lipinski definition) is 5. The molecule has 0 aromatic heterocycles. The van der Waals surface area contributed by atoms with Gasteiger partial charge in [0, 0.05) is 13.1 Å². The Balaban J connectivity index is 2.30. The molecule has 0 aromatic carbocycles. The topological polar surface area (TPSA) is 114 Å². The van der Waals surface area contributed by atoms with Crippen molar-refractivity contribution in [1.82, 2.24) is 15.5 Å². The van der Waals surface area contributed by atoms with Crippen LogP contribution in [-0.2, 0) is 14.3 Å². The molecule has 0 aliphatic carbocycles. The lowest BCUT2D eigenvalue weighted by Gasteiger charge is -2.29. The van der Waals surface area contributed by atoms with Crippen LogP contribution in [0.5, 0.6) is 0 Å². The predicted octanol–water partition coefficient (Wildman–Crippen LogP) is -1.98. The van der Waals surface area contributed by atoms with Gasteiger partial charge in [0.1, 0.15) is 0 Å². The van der Waals surface area contributed by atoms with Gasteiger partial charge in [0.15, 0.2) is 0 Å². The van der Waals surface area contributed by atoms with E-state index in [4.69, 9.17) is 10.5 Å². The fourth-order valence-corrected chi connectivity index (χ4v) is 1.57. The first-order valence-corrected chi connectivity index (χ1v) is 5.70. The van der Waals surface area contributed by atoms with Crippen molar-refractivity contribution in [3.8, 4) is 0 Å². The molecule has 1 fully saturated rings. The average Bonchev–Trinajstić information content (AvgIpc) is 2.35. The van der Waals surface area contributed by atoms with Gasteiger partial charge in [-0.3, -0.25) is 20.2 Å². The lowest BCUT2D eigenvalue weighted by Crippen LogP contribution is -2.51. The SMILES string of the molecule is CC(NCC(=O)NC(N)=O)C(=O)N1CCOCC1. The Hall–Kier alpha value is -1.67. The van der Waals surface area contributed by atoms with E-state index in [0.29, 0.717) is 26.3 Å². The van der Waals surface area contributed by atoms with Crippen LogP contribution in [0, 0.1) is 0 Å². The van der Waals surface area contributed by atoms with Crippen molar-refractivity contribution in [2.75, 3.05) is 32.8 Å². The maximum Gasteiger partial charge on any atom is 0.318 e. The van der Waals surface area contributed by atoms with Gasteiger partial charge in [-0.2, -0.15) is 0 Å². The van der Waals surface area contributed by atoms with Crippen molar-refractivity contribution < 1.29 is 19.1 Å². The Bertz CT molecular complexity index is 328. The summed E-state index contributed by atoms with van der Waals surface area (Å²) < 4.78 is 5.14. The quantitative estimate of drug-likeness (QED) is 0.540. The second kappa shape index (κ2) is 6.92. The number of hydrogen-bond donors (Lipinski definition) is 3. The molecule has 1 unspecified atom stereocenters. The summed E-state index contributed by atoms with van der Waals surface area (Å²) >= 11 is 0. The molecule has 1 aliphatic rings. The number of amides is 4. The lowest BCUT2D eigenvalue weighted by atomic mass is 10.2. The Kier molecular flexibility index (Phi) is 5.53. The van der Waals surface area contributed by atoms with Gasteiger partial charge in [-0.15, -0.1) is 0 Å². The summed E-state index contributed by atoms with van der Waals surface area (Å²) in [6, 6.07) is -1.41. The average molecular weight is 258 g/mol. The van der Waals surface area contributed by atoms with Crippen LogP contribution in [0.1, 0.15) is 6.92 Å². The third-order valence-corrected chi connectivity index (χ3v) is 2.52. The molecule has 0 saturated carbocycles. The van der Waals surface area contributed by atoms with Gasteiger partial charge < -0.3 is 15.4 Å². The lowest BCUT2D eigenvalue weighted by molar-refractivity contribution is -0.137. The summed E-state index contributed by atoms with van der Waals surface area (Å²) in [7, 11) is 0. The molecule has 8 nitrogen and oxygen atoms in total. The van der Waals surface area contributed by atoms with E-state index >= 15 is 0 Å². The van der Waals surface area contributed by atoms with Crippen LogP contribution in [0.4, 0.5) is 4.79 Å². The number of morpholine rings is 1. The molecular weight excluding hydrogens is 240 g/mol. The number of urea groups is 1. The Morgan fingerprint density at radius 2 is 1.94 bits per heavy atom. The van der Waals surface area contributed by atoms with E-state index in [1.807, 2.05) is 5.32 Å². The summed E-state index contributed by atoms with van der Waals surface area (Å²) in [6.07, 6.45) is 0. The van der Waals surface area contributed by atoms with Crippen molar-refractivity contribution >= 4 is 17.8 Å². The molecule has 1 saturated heterocycles. The van der Waals surface area contributed by atoms with E-state index < -0.39 is 18.0 Å². The number of carbonyl (C=O) groups excluding carboxylic acids is 3. The minimum absolute atomic E-state index is 0.0924. The third kappa shape index (κ3) is 4.68. The standard InChI is InChI=1S/C10H18N4O4/c1-7(12-6-8(15)13-10(11)17)9(16)14-2-4-18-5-3-14/h7,12H,2-6H2,1H3,(H3,11,13,15,17). The Labute approximate surface area is 105 Å². The molecule has 8 heteroatoms. The molecule has 102 valence electrons. The smallest absolute Gasteiger partial charge is 0.318 e. The second-order valence-electron chi connectivity index (χ2n) is 3.95. The summed E-state index contributed by atoms with van der Waals surface area (Å²) in [5.41, 5.74) is 4.79. The number of primary amides is 1. The number of nitrogens with two attached hydrogens (primary N) is 1. The van der Waals surface area contributed by atoms with Crippen molar-refractivity contribution in [1.29, 1.82) is 0 Å². The highest BCUT2D eigenvalue weighted by Crippen LogP contribution is 2.00. The van der Waals surface area contributed by atoms with Crippen LogP contribution in [0.2, 0.25) is 0 Å². The monoisotopic (exact) mass is 258 g/mol. The van der Waals surface area contributed by atoms with Gasteiger partial charge in [-0.25, -0.2) is 4.79 Å². The molecule has 0 spiro atoms. The molecule has 1 atom stereocenters. The summed E-state index contributed by atoms with van der Waals surface area (Å²) in [4.78, 5) is 35.1. The number of ether oxygens (including phenoxy) is 1.